The zero-order valence-electron chi connectivity index (χ0n) is 10.6. The lowest BCUT2D eigenvalue weighted by Crippen LogP contribution is -2.71. The number of carbonyl (C=O) groups excluding carboxylic acids is 1. The molecule has 0 heterocycles. The molecule has 142 valence electrons. The second-order valence-electron chi connectivity index (χ2n) is 4.05. The maximum atomic E-state index is 13.0. The van der Waals surface area contributed by atoms with Gasteiger partial charge in [0.1, 0.15) is 0 Å². The van der Waals surface area contributed by atoms with Crippen LogP contribution in [-0.4, -0.2) is 41.7 Å². The lowest BCUT2D eigenvalue weighted by molar-refractivity contribution is -0.436. The molecule has 0 aromatic heterocycles. The summed E-state index contributed by atoms with van der Waals surface area (Å²) in [7, 11) is 0. The van der Waals surface area contributed by atoms with E-state index in [1.807, 2.05) is 0 Å². The highest BCUT2D eigenvalue weighted by Crippen LogP contribution is 2.60. The smallest absolute Gasteiger partial charge is 0.328 e. The standard InChI is InChI=1S/C9H4F13NO/c1-2-23-3(24)4(10,11)5(12,13)6(14,15)7(16,17)8(18,19)9(20,21)22/h2H,1H2,(H,23,24). The van der Waals surface area contributed by atoms with E-state index < -0.39 is 41.7 Å². The Morgan fingerprint density at radius 2 is 1.00 bits per heavy atom. The molecule has 0 aromatic rings. The monoisotopic (exact) mass is 389 g/mol. The predicted octanol–water partition coefficient (Wildman–Crippen LogP) is 3.98. The molecule has 1 amide bonds. The van der Waals surface area contributed by atoms with E-state index in [2.05, 4.69) is 6.58 Å². The van der Waals surface area contributed by atoms with Gasteiger partial charge in [0.2, 0.25) is 0 Å². The van der Waals surface area contributed by atoms with Gasteiger partial charge in [-0.25, -0.2) is 0 Å². The maximum absolute atomic E-state index is 13.0. The van der Waals surface area contributed by atoms with Gasteiger partial charge < -0.3 is 5.32 Å². The molecule has 0 bridgehead atoms. The molecule has 2 nitrogen and oxygen atoms in total. The van der Waals surface area contributed by atoms with Crippen molar-refractivity contribution >= 4 is 5.91 Å². The minimum absolute atomic E-state index is 0.0903. The summed E-state index contributed by atoms with van der Waals surface area (Å²) in [6.45, 7) is 2.46. The molecule has 0 aliphatic heterocycles. The average Bonchev–Trinajstić information content (AvgIpc) is 2.36. The van der Waals surface area contributed by atoms with Crippen molar-refractivity contribution in [1.82, 2.24) is 5.32 Å². The number of halogens is 13. The van der Waals surface area contributed by atoms with E-state index in [9.17, 15) is 61.9 Å². The minimum Gasteiger partial charge on any atom is -0.328 e. The van der Waals surface area contributed by atoms with Gasteiger partial charge >= 0.3 is 41.7 Å². The number of alkyl halides is 13. The number of amides is 1. The van der Waals surface area contributed by atoms with E-state index >= 15 is 0 Å². The lowest BCUT2D eigenvalue weighted by atomic mass is 9.93. The van der Waals surface area contributed by atoms with Crippen LogP contribution in [0.15, 0.2) is 12.8 Å². The summed E-state index contributed by atoms with van der Waals surface area (Å²) in [4.78, 5) is 10.5. The van der Waals surface area contributed by atoms with Gasteiger partial charge in [0.25, 0.3) is 0 Å². The Labute approximate surface area is 123 Å². The third-order valence-corrected chi connectivity index (χ3v) is 2.45. The second kappa shape index (κ2) is 5.68. The average molecular weight is 389 g/mol. The fourth-order valence-corrected chi connectivity index (χ4v) is 1.10. The quantitative estimate of drug-likeness (QED) is 0.685. The zero-order valence-corrected chi connectivity index (χ0v) is 10.6. The summed E-state index contributed by atoms with van der Waals surface area (Å²) in [6, 6.07) is 0. The topological polar surface area (TPSA) is 29.1 Å². The summed E-state index contributed by atoms with van der Waals surface area (Å²) >= 11 is 0. The fraction of sp³-hybridized carbons (Fsp3) is 0.667. The molecule has 24 heavy (non-hydrogen) atoms. The van der Waals surface area contributed by atoms with Crippen LogP contribution in [0.3, 0.4) is 0 Å². The molecule has 0 aromatic carbocycles. The van der Waals surface area contributed by atoms with Crippen molar-refractivity contribution in [1.29, 1.82) is 0 Å². The molecule has 0 radical (unpaired) electrons. The van der Waals surface area contributed by atoms with Crippen LogP contribution < -0.4 is 5.32 Å². The predicted molar refractivity (Wildman–Crippen MR) is 49.1 cm³/mol. The Kier molecular flexibility index (Phi) is 5.28. The highest BCUT2D eigenvalue weighted by atomic mass is 19.4. The summed E-state index contributed by atoms with van der Waals surface area (Å²) < 4.78 is 163. The highest BCUT2D eigenvalue weighted by molar-refractivity contribution is 5.85. The number of hydrogen-bond donors (Lipinski definition) is 1. The normalized spacial score (nSPS) is 15.2. The Hall–Kier alpha value is -1.70. The van der Waals surface area contributed by atoms with Crippen LogP contribution in [-0.2, 0) is 4.79 Å². The van der Waals surface area contributed by atoms with Crippen molar-refractivity contribution in [3.8, 4) is 0 Å². The molecule has 0 spiro atoms. The fourth-order valence-electron chi connectivity index (χ4n) is 1.10. The van der Waals surface area contributed by atoms with Crippen molar-refractivity contribution in [2.75, 3.05) is 0 Å². The first kappa shape index (κ1) is 22.3. The van der Waals surface area contributed by atoms with Gasteiger partial charge in [-0.3, -0.25) is 4.79 Å². The van der Waals surface area contributed by atoms with E-state index in [1.54, 1.807) is 0 Å². The van der Waals surface area contributed by atoms with Crippen LogP contribution in [0.2, 0.25) is 0 Å². The zero-order chi connectivity index (χ0) is 20.0. The summed E-state index contributed by atoms with van der Waals surface area (Å²) in [5.41, 5.74) is 0. The molecular weight excluding hydrogens is 385 g/mol. The highest BCUT2D eigenvalue weighted by Gasteiger charge is 2.91. The van der Waals surface area contributed by atoms with Gasteiger partial charge in [-0.05, 0) is 6.20 Å². The molecule has 0 fully saturated rings. The Bertz CT molecular complexity index is 506. The van der Waals surface area contributed by atoms with E-state index in [4.69, 9.17) is 0 Å². The molecule has 0 saturated carbocycles. The van der Waals surface area contributed by atoms with Crippen molar-refractivity contribution < 1.29 is 61.9 Å². The maximum Gasteiger partial charge on any atom is 0.460 e. The minimum atomic E-state index is -8.03. The van der Waals surface area contributed by atoms with E-state index in [0.717, 1.165) is 0 Å². The van der Waals surface area contributed by atoms with Gasteiger partial charge in [-0.15, -0.1) is 0 Å². The first-order valence-corrected chi connectivity index (χ1v) is 5.11. The lowest BCUT2D eigenvalue weighted by Gasteiger charge is -2.39. The molecule has 0 rings (SSSR count). The van der Waals surface area contributed by atoms with Crippen molar-refractivity contribution in [2.45, 2.75) is 35.8 Å². The molecule has 1 N–H and O–H groups in total. The molecule has 15 heteroatoms. The summed E-state index contributed by atoms with van der Waals surface area (Å²) in [5, 5.41) is 0.591. The van der Waals surface area contributed by atoms with E-state index in [1.165, 1.54) is 0 Å². The largest absolute Gasteiger partial charge is 0.460 e. The first-order chi connectivity index (χ1) is 10.2. The third kappa shape index (κ3) is 2.76. The van der Waals surface area contributed by atoms with Crippen LogP contribution in [0.1, 0.15) is 0 Å². The molecule has 0 atom stereocenters. The van der Waals surface area contributed by atoms with Gasteiger partial charge in [0.15, 0.2) is 0 Å². The SMILES string of the molecule is C=CNC(=O)C(F)(F)C(F)(F)C(F)(F)C(F)(F)C(F)(F)C(F)(F)F. The van der Waals surface area contributed by atoms with Crippen molar-refractivity contribution in [3.05, 3.63) is 12.8 Å². The van der Waals surface area contributed by atoms with E-state index in [0.29, 0.717) is 5.32 Å². The van der Waals surface area contributed by atoms with Gasteiger partial charge in [-0.1, -0.05) is 6.58 Å². The van der Waals surface area contributed by atoms with E-state index in [-0.39, 0.29) is 6.20 Å². The molecule has 0 aliphatic rings. The molecule has 0 saturated heterocycles. The number of hydrogen-bond acceptors (Lipinski definition) is 1. The van der Waals surface area contributed by atoms with Gasteiger partial charge in [0.05, 0.1) is 0 Å². The number of nitrogens with one attached hydrogen (secondary N) is 1. The van der Waals surface area contributed by atoms with Crippen LogP contribution in [0.4, 0.5) is 57.1 Å². The van der Waals surface area contributed by atoms with Crippen LogP contribution >= 0.6 is 0 Å². The summed E-state index contributed by atoms with van der Waals surface area (Å²) in [5.74, 6) is -41.7. The number of rotatable bonds is 6. The second-order valence-corrected chi connectivity index (χ2v) is 4.05. The van der Waals surface area contributed by atoms with Gasteiger partial charge in [0, 0.05) is 0 Å². The Morgan fingerprint density at radius 1 is 0.667 bits per heavy atom. The van der Waals surface area contributed by atoms with Crippen LogP contribution in [0.5, 0.6) is 0 Å². The third-order valence-electron chi connectivity index (χ3n) is 2.45. The molecule has 0 aliphatic carbocycles. The van der Waals surface area contributed by atoms with Crippen molar-refractivity contribution in [2.24, 2.45) is 0 Å². The summed E-state index contributed by atoms with van der Waals surface area (Å²) in [6.07, 6.45) is -7.58. The Balaban J connectivity index is 6.30. The van der Waals surface area contributed by atoms with Crippen molar-refractivity contribution in [3.63, 3.8) is 0 Å². The Morgan fingerprint density at radius 3 is 1.29 bits per heavy atom. The van der Waals surface area contributed by atoms with Crippen LogP contribution in [0.25, 0.3) is 0 Å². The molecular formula is C9H4F13NO. The van der Waals surface area contributed by atoms with Gasteiger partial charge in [-0.2, -0.15) is 57.1 Å². The number of carbonyl (C=O) groups is 1. The van der Waals surface area contributed by atoms with Crippen LogP contribution in [0, 0.1) is 0 Å². The molecule has 0 unspecified atom stereocenters. The first-order valence-electron chi connectivity index (χ1n) is 5.11.